The number of likely N-dealkylation sites (N-methyl/N-ethyl adjacent to an activating group) is 1. The highest BCUT2D eigenvalue weighted by Gasteiger charge is 2.11. The third-order valence-electron chi connectivity index (χ3n) is 3.08. The second kappa shape index (κ2) is 6.36. The van der Waals surface area contributed by atoms with Gasteiger partial charge in [-0.25, -0.2) is 0 Å². The summed E-state index contributed by atoms with van der Waals surface area (Å²) in [4.78, 5) is 2.10. The Hall–Kier alpha value is -1.84. The van der Waals surface area contributed by atoms with Crippen molar-refractivity contribution in [3.63, 3.8) is 0 Å². The van der Waals surface area contributed by atoms with E-state index in [0.717, 1.165) is 12.1 Å². The molecular weight excluding hydrogens is 236 g/mol. The summed E-state index contributed by atoms with van der Waals surface area (Å²) in [5.41, 5.74) is 8.51. The number of aliphatic hydroxyl groups excluding tert-OH is 1. The first-order valence-electron chi connectivity index (χ1n) is 6.41. The minimum Gasteiger partial charge on any atom is -0.399 e. The van der Waals surface area contributed by atoms with E-state index in [0.29, 0.717) is 12.2 Å². The van der Waals surface area contributed by atoms with Crippen molar-refractivity contribution < 1.29 is 5.11 Å². The minimum atomic E-state index is -0.516. The molecule has 0 bridgehead atoms. The Morgan fingerprint density at radius 3 is 2.53 bits per heavy atom. The Morgan fingerprint density at radius 1 is 1.11 bits per heavy atom. The molecule has 1 unspecified atom stereocenters. The predicted octanol–water partition coefficient (Wildman–Crippen LogP) is 2.43. The molecular formula is C16H20N2O. The van der Waals surface area contributed by atoms with Crippen LogP contribution in [-0.2, 0) is 6.54 Å². The zero-order valence-corrected chi connectivity index (χ0v) is 11.2. The molecule has 19 heavy (non-hydrogen) atoms. The molecule has 0 radical (unpaired) electrons. The van der Waals surface area contributed by atoms with Gasteiger partial charge in [0, 0.05) is 18.8 Å². The molecule has 100 valence electrons. The Morgan fingerprint density at radius 2 is 1.84 bits per heavy atom. The second-order valence-corrected chi connectivity index (χ2v) is 4.87. The maximum atomic E-state index is 10.2. The lowest BCUT2D eigenvalue weighted by molar-refractivity contribution is 0.124. The van der Waals surface area contributed by atoms with Crippen LogP contribution in [0, 0.1) is 0 Å². The summed E-state index contributed by atoms with van der Waals surface area (Å²) in [5, 5.41) is 10.2. The molecule has 2 rings (SSSR count). The van der Waals surface area contributed by atoms with Crippen molar-refractivity contribution in [2.75, 3.05) is 19.3 Å². The van der Waals surface area contributed by atoms with Gasteiger partial charge in [-0.2, -0.15) is 0 Å². The topological polar surface area (TPSA) is 49.5 Å². The third-order valence-corrected chi connectivity index (χ3v) is 3.08. The molecule has 1 atom stereocenters. The van der Waals surface area contributed by atoms with Gasteiger partial charge in [0.2, 0.25) is 0 Å². The monoisotopic (exact) mass is 256 g/mol. The van der Waals surface area contributed by atoms with Crippen LogP contribution in [0.5, 0.6) is 0 Å². The van der Waals surface area contributed by atoms with Gasteiger partial charge in [0.15, 0.2) is 0 Å². The quantitative estimate of drug-likeness (QED) is 0.808. The van der Waals surface area contributed by atoms with Crippen LogP contribution in [0.2, 0.25) is 0 Å². The van der Waals surface area contributed by atoms with Crippen molar-refractivity contribution >= 4 is 5.69 Å². The lowest BCUT2D eigenvalue weighted by Crippen LogP contribution is -2.24. The highest BCUT2D eigenvalue weighted by molar-refractivity contribution is 5.41. The summed E-state index contributed by atoms with van der Waals surface area (Å²) in [6.45, 7) is 1.40. The van der Waals surface area contributed by atoms with Crippen LogP contribution in [0.4, 0.5) is 5.69 Å². The Balaban J connectivity index is 1.93. The van der Waals surface area contributed by atoms with Crippen LogP contribution in [0.15, 0.2) is 54.6 Å². The number of nitrogens with zero attached hydrogens (tertiary/aromatic N) is 1. The average Bonchev–Trinajstić information content (AvgIpc) is 2.39. The van der Waals surface area contributed by atoms with Crippen LogP contribution >= 0.6 is 0 Å². The molecule has 0 aliphatic rings. The predicted molar refractivity (Wildman–Crippen MR) is 78.6 cm³/mol. The molecule has 3 nitrogen and oxygen atoms in total. The van der Waals surface area contributed by atoms with Crippen molar-refractivity contribution in [2.45, 2.75) is 12.6 Å². The average molecular weight is 256 g/mol. The fraction of sp³-hybridized carbons (Fsp3) is 0.250. The first-order valence-corrected chi connectivity index (χ1v) is 6.41. The highest BCUT2D eigenvalue weighted by Crippen LogP contribution is 2.17. The molecule has 0 spiro atoms. The fourth-order valence-electron chi connectivity index (χ4n) is 2.13. The standard InChI is InChI=1S/C16H20N2O/c1-18(11-13-6-3-2-4-7-13)12-16(19)14-8-5-9-15(17)10-14/h2-10,16,19H,11-12,17H2,1H3. The van der Waals surface area contributed by atoms with Crippen LogP contribution in [0.3, 0.4) is 0 Å². The molecule has 0 aliphatic heterocycles. The van der Waals surface area contributed by atoms with Crippen LogP contribution in [0.25, 0.3) is 0 Å². The molecule has 0 aromatic heterocycles. The number of anilines is 1. The van der Waals surface area contributed by atoms with Crippen molar-refractivity contribution in [1.82, 2.24) is 4.90 Å². The smallest absolute Gasteiger partial charge is 0.0917 e. The van der Waals surface area contributed by atoms with Gasteiger partial charge in [0.05, 0.1) is 6.10 Å². The van der Waals surface area contributed by atoms with Crippen molar-refractivity contribution in [1.29, 1.82) is 0 Å². The Labute approximate surface area is 114 Å². The van der Waals surface area contributed by atoms with Gasteiger partial charge in [-0.15, -0.1) is 0 Å². The van der Waals surface area contributed by atoms with Gasteiger partial charge in [-0.3, -0.25) is 4.90 Å². The summed E-state index contributed by atoms with van der Waals surface area (Å²) in [5.74, 6) is 0. The normalized spacial score (nSPS) is 12.6. The molecule has 0 saturated heterocycles. The number of hydrogen-bond donors (Lipinski definition) is 2. The zero-order valence-electron chi connectivity index (χ0n) is 11.2. The fourth-order valence-corrected chi connectivity index (χ4v) is 2.13. The van der Waals surface area contributed by atoms with Gasteiger partial charge in [0.25, 0.3) is 0 Å². The number of benzene rings is 2. The molecule has 2 aromatic rings. The first kappa shape index (κ1) is 13.6. The van der Waals surface area contributed by atoms with Crippen LogP contribution in [0.1, 0.15) is 17.2 Å². The maximum absolute atomic E-state index is 10.2. The number of rotatable bonds is 5. The SMILES string of the molecule is CN(Cc1ccccc1)CC(O)c1cccc(N)c1. The van der Waals surface area contributed by atoms with Crippen molar-refractivity contribution in [3.8, 4) is 0 Å². The lowest BCUT2D eigenvalue weighted by Gasteiger charge is -2.21. The van der Waals surface area contributed by atoms with E-state index in [2.05, 4.69) is 17.0 Å². The van der Waals surface area contributed by atoms with Crippen molar-refractivity contribution in [3.05, 3.63) is 65.7 Å². The van der Waals surface area contributed by atoms with Gasteiger partial charge in [0.1, 0.15) is 0 Å². The molecule has 2 aromatic carbocycles. The van der Waals surface area contributed by atoms with E-state index < -0.39 is 6.10 Å². The molecule has 0 amide bonds. The Kier molecular flexibility index (Phi) is 4.55. The van der Waals surface area contributed by atoms with Gasteiger partial charge < -0.3 is 10.8 Å². The molecule has 0 fully saturated rings. The minimum absolute atomic E-state index is 0.516. The van der Waals surface area contributed by atoms with E-state index in [-0.39, 0.29) is 0 Å². The molecule has 0 aliphatic carbocycles. The summed E-state index contributed by atoms with van der Waals surface area (Å²) in [6, 6.07) is 17.6. The lowest BCUT2D eigenvalue weighted by atomic mass is 10.1. The zero-order chi connectivity index (χ0) is 13.7. The van der Waals surface area contributed by atoms with E-state index in [9.17, 15) is 5.11 Å². The summed E-state index contributed by atoms with van der Waals surface area (Å²) < 4.78 is 0. The van der Waals surface area contributed by atoms with Gasteiger partial charge in [-0.05, 0) is 30.3 Å². The molecule has 3 N–H and O–H groups in total. The summed E-state index contributed by atoms with van der Waals surface area (Å²) >= 11 is 0. The number of nitrogens with two attached hydrogens (primary N) is 1. The number of nitrogen functional groups attached to an aromatic ring is 1. The molecule has 0 heterocycles. The maximum Gasteiger partial charge on any atom is 0.0917 e. The third kappa shape index (κ3) is 4.09. The Bertz CT molecular complexity index is 513. The van der Waals surface area contributed by atoms with E-state index in [4.69, 9.17) is 5.73 Å². The first-order chi connectivity index (χ1) is 9.15. The number of hydrogen-bond acceptors (Lipinski definition) is 3. The van der Waals surface area contributed by atoms with Gasteiger partial charge in [-0.1, -0.05) is 42.5 Å². The molecule has 0 saturated carbocycles. The second-order valence-electron chi connectivity index (χ2n) is 4.87. The van der Waals surface area contributed by atoms with E-state index >= 15 is 0 Å². The van der Waals surface area contributed by atoms with Crippen LogP contribution < -0.4 is 5.73 Å². The van der Waals surface area contributed by atoms with Crippen molar-refractivity contribution in [2.24, 2.45) is 0 Å². The van der Waals surface area contributed by atoms with E-state index in [1.807, 2.05) is 49.5 Å². The highest BCUT2D eigenvalue weighted by atomic mass is 16.3. The van der Waals surface area contributed by atoms with Gasteiger partial charge >= 0.3 is 0 Å². The summed E-state index contributed by atoms with van der Waals surface area (Å²) in [7, 11) is 2.00. The summed E-state index contributed by atoms with van der Waals surface area (Å²) in [6.07, 6.45) is -0.516. The van der Waals surface area contributed by atoms with E-state index in [1.54, 1.807) is 0 Å². The van der Waals surface area contributed by atoms with E-state index in [1.165, 1.54) is 5.56 Å². The number of aliphatic hydroxyl groups is 1. The molecule has 3 heteroatoms. The van der Waals surface area contributed by atoms with Crippen LogP contribution in [-0.4, -0.2) is 23.6 Å². The largest absolute Gasteiger partial charge is 0.399 e.